The summed E-state index contributed by atoms with van der Waals surface area (Å²) in [6, 6.07) is 11.8. The molecule has 3 aliphatic rings. The van der Waals surface area contributed by atoms with Gasteiger partial charge in [0, 0.05) is 38.3 Å². The Labute approximate surface area is 244 Å². The van der Waals surface area contributed by atoms with E-state index < -0.39 is 12.1 Å². The third-order valence-electron chi connectivity index (χ3n) is 8.84. The number of likely N-dealkylation sites (tertiary alicyclic amines) is 1. The first-order valence-corrected chi connectivity index (χ1v) is 14.8. The monoisotopic (exact) mass is 572 g/mol. The van der Waals surface area contributed by atoms with Gasteiger partial charge in [0.15, 0.2) is 0 Å². The molecule has 5 heterocycles. The van der Waals surface area contributed by atoms with E-state index in [2.05, 4.69) is 20.8 Å². The highest BCUT2D eigenvalue weighted by Crippen LogP contribution is 2.37. The fourth-order valence-corrected chi connectivity index (χ4v) is 6.81. The van der Waals surface area contributed by atoms with Crippen molar-refractivity contribution in [2.45, 2.75) is 63.6 Å². The van der Waals surface area contributed by atoms with Crippen LogP contribution in [0, 0.1) is 11.8 Å². The minimum Gasteiger partial charge on any atom is -0.348 e. The van der Waals surface area contributed by atoms with Crippen molar-refractivity contribution in [2.75, 3.05) is 19.6 Å². The van der Waals surface area contributed by atoms with Crippen molar-refractivity contribution in [2.24, 2.45) is 11.8 Å². The zero-order chi connectivity index (χ0) is 29.2. The number of fused-ring (bicyclic) bond motifs is 5. The Bertz CT molecular complexity index is 1470. The molecule has 4 amide bonds. The quantitative estimate of drug-likeness (QED) is 0.489. The van der Waals surface area contributed by atoms with E-state index in [0.29, 0.717) is 56.4 Å². The van der Waals surface area contributed by atoms with Gasteiger partial charge < -0.3 is 25.0 Å². The molecule has 0 radical (unpaired) electrons. The third kappa shape index (κ3) is 5.73. The summed E-state index contributed by atoms with van der Waals surface area (Å²) in [5.41, 5.74) is 1.48. The van der Waals surface area contributed by atoms with Crippen LogP contribution in [-0.2, 0) is 20.8 Å². The molecule has 220 valence electrons. The molecular formula is C31H36N6O5. The minimum atomic E-state index is -0.736. The maximum atomic E-state index is 13.8. The van der Waals surface area contributed by atoms with Crippen molar-refractivity contribution in [1.29, 1.82) is 0 Å². The van der Waals surface area contributed by atoms with Gasteiger partial charge in [-0.2, -0.15) is 0 Å². The van der Waals surface area contributed by atoms with Gasteiger partial charge in [-0.15, -0.1) is 0 Å². The van der Waals surface area contributed by atoms with Gasteiger partial charge in [-0.1, -0.05) is 35.5 Å². The molecule has 0 unspecified atom stereocenters. The van der Waals surface area contributed by atoms with E-state index in [1.54, 1.807) is 30.2 Å². The number of piperidine rings is 2. The number of carbonyl (C=O) groups excluding carboxylic acids is 4. The van der Waals surface area contributed by atoms with Crippen molar-refractivity contribution in [3.8, 4) is 0 Å². The smallest absolute Gasteiger partial charge is 0.293 e. The van der Waals surface area contributed by atoms with E-state index >= 15 is 0 Å². The maximum absolute atomic E-state index is 13.8. The Hall–Kier alpha value is -4.28. The molecular weight excluding hydrogens is 536 g/mol. The average molecular weight is 573 g/mol. The van der Waals surface area contributed by atoms with Crippen molar-refractivity contribution in [3.63, 3.8) is 0 Å². The van der Waals surface area contributed by atoms with Gasteiger partial charge >= 0.3 is 0 Å². The second kappa shape index (κ2) is 11.9. The highest BCUT2D eigenvalue weighted by atomic mass is 16.5. The standard InChI is InChI=1S/C31H36N6O5/c1-19-30(40)37-17-21-15-22(18-36(16-21)31(41)27-23-9-6-14-32-28(23)35-42-27)25(37)10-5-11-26(38)34-24(29(39)33-19)13-12-20-7-3-2-4-8-20/h2-4,6-9,14,19,21-22,24-25H,5,10-13,15-18H2,1H3,(H,33,39)(H,34,38)/t19-,21+,22-,24+,25+/m1/s1. The van der Waals surface area contributed by atoms with Gasteiger partial charge in [0.05, 0.1) is 5.39 Å². The summed E-state index contributed by atoms with van der Waals surface area (Å²) >= 11 is 0. The van der Waals surface area contributed by atoms with E-state index in [0.717, 1.165) is 12.0 Å². The van der Waals surface area contributed by atoms with Gasteiger partial charge in [0.1, 0.15) is 12.1 Å². The number of aryl methyl sites for hydroxylation is 1. The molecule has 11 nitrogen and oxygen atoms in total. The number of aromatic nitrogens is 2. The number of nitrogens with one attached hydrogen (secondary N) is 2. The molecule has 2 bridgehead atoms. The zero-order valence-electron chi connectivity index (χ0n) is 23.7. The van der Waals surface area contributed by atoms with Crippen LogP contribution in [0.2, 0.25) is 0 Å². The van der Waals surface area contributed by atoms with Gasteiger partial charge in [0.2, 0.25) is 29.1 Å². The molecule has 0 aliphatic carbocycles. The molecule has 3 saturated heterocycles. The fourth-order valence-electron chi connectivity index (χ4n) is 6.81. The van der Waals surface area contributed by atoms with Crippen LogP contribution >= 0.6 is 0 Å². The number of carbonyl (C=O) groups is 4. The number of nitrogens with zero attached hydrogens (tertiary/aromatic N) is 4. The molecule has 3 aromatic rings. The molecule has 1 aromatic carbocycles. The van der Waals surface area contributed by atoms with Crippen LogP contribution < -0.4 is 10.6 Å². The summed E-state index contributed by atoms with van der Waals surface area (Å²) in [4.78, 5) is 61.4. The summed E-state index contributed by atoms with van der Waals surface area (Å²) in [5.74, 6) is -0.546. The minimum absolute atomic E-state index is 0.0465. The largest absolute Gasteiger partial charge is 0.348 e. The van der Waals surface area contributed by atoms with Gasteiger partial charge in [-0.3, -0.25) is 19.2 Å². The van der Waals surface area contributed by atoms with Crippen LogP contribution in [0.15, 0.2) is 53.2 Å². The van der Waals surface area contributed by atoms with E-state index in [9.17, 15) is 19.2 Å². The molecule has 5 atom stereocenters. The van der Waals surface area contributed by atoms with Crippen LogP contribution in [0.5, 0.6) is 0 Å². The Morgan fingerprint density at radius 1 is 1.05 bits per heavy atom. The van der Waals surface area contributed by atoms with Gasteiger partial charge in [0.25, 0.3) is 5.91 Å². The third-order valence-corrected chi connectivity index (χ3v) is 8.84. The molecule has 3 aliphatic heterocycles. The van der Waals surface area contributed by atoms with Crippen LogP contribution in [0.1, 0.15) is 55.1 Å². The first kappa shape index (κ1) is 27.9. The van der Waals surface area contributed by atoms with Crippen LogP contribution in [0.4, 0.5) is 0 Å². The van der Waals surface area contributed by atoms with E-state index in [1.165, 1.54) is 0 Å². The van der Waals surface area contributed by atoms with Crippen molar-refractivity contribution in [3.05, 3.63) is 60.0 Å². The number of pyridine rings is 1. The second-order valence-corrected chi connectivity index (χ2v) is 11.8. The molecule has 0 saturated carbocycles. The van der Waals surface area contributed by atoms with E-state index in [-0.39, 0.29) is 53.7 Å². The Morgan fingerprint density at radius 2 is 1.88 bits per heavy atom. The summed E-state index contributed by atoms with van der Waals surface area (Å²) in [5, 5.41) is 10.3. The van der Waals surface area contributed by atoms with Crippen molar-refractivity contribution < 1.29 is 23.7 Å². The maximum Gasteiger partial charge on any atom is 0.293 e. The molecule has 11 heteroatoms. The van der Waals surface area contributed by atoms with Crippen LogP contribution in [0.25, 0.3) is 11.0 Å². The molecule has 6 rings (SSSR count). The molecule has 2 aromatic heterocycles. The normalized spacial score (nSPS) is 27.0. The van der Waals surface area contributed by atoms with E-state index in [4.69, 9.17) is 4.52 Å². The fraction of sp³-hybridized carbons (Fsp3) is 0.484. The zero-order valence-corrected chi connectivity index (χ0v) is 23.7. The lowest BCUT2D eigenvalue weighted by atomic mass is 9.77. The number of hydrogen-bond donors (Lipinski definition) is 2. The molecule has 2 N–H and O–H groups in total. The topological polar surface area (TPSA) is 138 Å². The van der Waals surface area contributed by atoms with Crippen LogP contribution in [-0.4, -0.2) is 81.3 Å². The first-order valence-electron chi connectivity index (χ1n) is 14.8. The van der Waals surface area contributed by atoms with Crippen molar-refractivity contribution >= 4 is 34.7 Å². The number of hydrogen-bond acceptors (Lipinski definition) is 7. The van der Waals surface area contributed by atoms with Gasteiger partial charge in [-0.25, -0.2) is 4.98 Å². The van der Waals surface area contributed by atoms with E-state index in [1.807, 2.05) is 35.2 Å². The average Bonchev–Trinajstić information content (AvgIpc) is 3.43. The summed E-state index contributed by atoms with van der Waals surface area (Å²) in [6.45, 7) is 3.18. The van der Waals surface area contributed by atoms with Gasteiger partial charge in [-0.05, 0) is 68.6 Å². The molecule has 0 spiro atoms. The second-order valence-electron chi connectivity index (χ2n) is 11.8. The summed E-state index contributed by atoms with van der Waals surface area (Å²) in [7, 11) is 0. The molecule has 42 heavy (non-hydrogen) atoms. The SMILES string of the molecule is C[C@H]1NC(=O)[C@H](CCc2ccccc2)NC(=O)CCC[C@H]2[C@@H]3C[C@@H](CN(C(=O)c4onc5ncccc45)C3)CN2C1=O. The highest BCUT2D eigenvalue weighted by molar-refractivity contribution is 6.02. The van der Waals surface area contributed by atoms with Crippen molar-refractivity contribution in [1.82, 2.24) is 30.6 Å². The Kier molecular flexibility index (Phi) is 7.90. The lowest BCUT2D eigenvalue weighted by Gasteiger charge is -2.51. The highest BCUT2D eigenvalue weighted by Gasteiger charge is 2.45. The lowest BCUT2D eigenvalue weighted by molar-refractivity contribution is -0.145. The Morgan fingerprint density at radius 3 is 2.71 bits per heavy atom. The Balaban J connectivity index is 1.17. The predicted octanol–water partition coefficient (Wildman–Crippen LogP) is 2.32. The lowest BCUT2D eigenvalue weighted by Crippen LogP contribution is -2.63. The summed E-state index contributed by atoms with van der Waals surface area (Å²) < 4.78 is 5.40. The first-order chi connectivity index (χ1) is 20.4. The number of rotatable bonds is 4. The molecule has 3 fully saturated rings. The number of benzene rings is 1. The summed E-state index contributed by atoms with van der Waals surface area (Å²) in [6.07, 6.45) is 5.06. The number of amides is 4. The van der Waals surface area contributed by atoms with Crippen LogP contribution in [0.3, 0.4) is 0 Å². The predicted molar refractivity (Wildman–Crippen MR) is 153 cm³/mol.